The first-order valence-electron chi connectivity index (χ1n) is 8.37. The van der Waals surface area contributed by atoms with E-state index in [0.29, 0.717) is 6.04 Å². The Morgan fingerprint density at radius 3 is 3.23 bits per heavy atom. The van der Waals surface area contributed by atoms with Gasteiger partial charge in [0.1, 0.15) is 0 Å². The number of nitrogens with zero attached hydrogens (tertiary/aromatic N) is 2. The highest BCUT2D eigenvalue weighted by Gasteiger charge is 2.26. The van der Waals surface area contributed by atoms with E-state index in [9.17, 15) is 0 Å². The zero-order valence-electron chi connectivity index (χ0n) is 13.3. The van der Waals surface area contributed by atoms with E-state index in [1.54, 1.807) is 0 Å². The quantitative estimate of drug-likeness (QED) is 0.648. The van der Waals surface area contributed by atoms with Crippen molar-refractivity contribution in [2.24, 2.45) is 5.84 Å². The van der Waals surface area contributed by atoms with E-state index in [1.807, 2.05) is 17.3 Å². The van der Waals surface area contributed by atoms with Crippen molar-refractivity contribution in [3.63, 3.8) is 0 Å². The lowest BCUT2D eigenvalue weighted by atomic mass is 9.91. The van der Waals surface area contributed by atoms with Crippen LogP contribution in [0.15, 0.2) is 42.3 Å². The lowest BCUT2D eigenvalue weighted by Crippen LogP contribution is -2.42. The first-order chi connectivity index (χ1) is 10.8. The maximum absolute atomic E-state index is 6.40. The predicted octanol–water partition coefficient (Wildman–Crippen LogP) is 2.85. The van der Waals surface area contributed by atoms with Gasteiger partial charge in [0, 0.05) is 17.9 Å². The molecule has 1 aliphatic heterocycles. The molecule has 0 fully saturated rings. The number of hydrogen-bond acceptors (Lipinski definition) is 4. The van der Waals surface area contributed by atoms with Gasteiger partial charge in [0.15, 0.2) is 0 Å². The number of hydrogen-bond donors (Lipinski definition) is 2. The standard InChI is InChI=1S/C18H26N4/c1-2-6-15-9-4-10-16(21-15)13-22(19)17-11-3-7-14-8-5-12-20-18(14)17/h4-5,8-10,12,15,17,21H,2-3,6-7,11,13,19H2,1H3. The Kier molecular flexibility index (Phi) is 4.90. The van der Waals surface area contributed by atoms with Crippen molar-refractivity contribution < 1.29 is 0 Å². The molecule has 2 aliphatic rings. The van der Waals surface area contributed by atoms with Crippen LogP contribution in [0.2, 0.25) is 0 Å². The number of dihydropyridines is 1. The molecule has 22 heavy (non-hydrogen) atoms. The third kappa shape index (κ3) is 3.39. The van der Waals surface area contributed by atoms with Gasteiger partial charge in [-0.15, -0.1) is 0 Å². The molecule has 0 bridgehead atoms. The summed E-state index contributed by atoms with van der Waals surface area (Å²) in [7, 11) is 0. The number of pyridine rings is 1. The normalized spacial score (nSPS) is 23.9. The smallest absolute Gasteiger partial charge is 0.0670 e. The molecule has 2 unspecified atom stereocenters. The van der Waals surface area contributed by atoms with Crippen LogP contribution in [-0.4, -0.2) is 22.6 Å². The van der Waals surface area contributed by atoms with Gasteiger partial charge < -0.3 is 5.32 Å². The minimum atomic E-state index is 0.225. The third-order valence-corrected chi connectivity index (χ3v) is 4.53. The van der Waals surface area contributed by atoms with Crippen molar-refractivity contribution in [3.8, 4) is 0 Å². The van der Waals surface area contributed by atoms with Gasteiger partial charge in [-0.25, -0.2) is 5.01 Å². The van der Waals surface area contributed by atoms with Gasteiger partial charge in [-0.1, -0.05) is 31.6 Å². The fourth-order valence-electron chi connectivity index (χ4n) is 3.43. The number of rotatable bonds is 5. The molecule has 0 saturated carbocycles. The first kappa shape index (κ1) is 15.3. The molecule has 118 valence electrons. The highest BCUT2D eigenvalue weighted by Crippen LogP contribution is 2.31. The summed E-state index contributed by atoms with van der Waals surface area (Å²) < 4.78 is 0. The number of aromatic nitrogens is 1. The Morgan fingerprint density at radius 1 is 1.45 bits per heavy atom. The number of nitrogens with two attached hydrogens (primary N) is 1. The second-order valence-electron chi connectivity index (χ2n) is 6.24. The summed E-state index contributed by atoms with van der Waals surface area (Å²) in [5.41, 5.74) is 3.71. The number of fused-ring (bicyclic) bond motifs is 1. The van der Waals surface area contributed by atoms with Crippen LogP contribution in [0.1, 0.15) is 49.9 Å². The number of hydrazine groups is 1. The molecule has 1 aromatic heterocycles. The second-order valence-corrected chi connectivity index (χ2v) is 6.24. The van der Waals surface area contributed by atoms with E-state index >= 15 is 0 Å². The zero-order chi connectivity index (χ0) is 15.4. The van der Waals surface area contributed by atoms with Crippen LogP contribution in [0.5, 0.6) is 0 Å². The monoisotopic (exact) mass is 298 g/mol. The predicted molar refractivity (Wildman–Crippen MR) is 89.9 cm³/mol. The minimum Gasteiger partial charge on any atom is -0.381 e. The van der Waals surface area contributed by atoms with Gasteiger partial charge in [-0.2, -0.15) is 0 Å². The molecule has 1 aromatic rings. The summed E-state index contributed by atoms with van der Waals surface area (Å²) in [4.78, 5) is 4.58. The average molecular weight is 298 g/mol. The lowest BCUT2D eigenvalue weighted by Gasteiger charge is -2.33. The fourth-order valence-corrected chi connectivity index (χ4v) is 3.43. The summed E-state index contributed by atoms with van der Waals surface area (Å²) in [5, 5.41) is 5.53. The average Bonchev–Trinajstić information content (AvgIpc) is 2.55. The van der Waals surface area contributed by atoms with Gasteiger partial charge in [-0.3, -0.25) is 10.8 Å². The van der Waals surface area contributed by atoms with Crippen LogP contribution in [0, 0.1) is 0 Å². The SMILES string of the molecule is CCCC1C=CC=C(CN(N)C2CCCc3cccnc32)N1. The van der Waals surface area contributed by atoms with E-state index in [2.05, 4.69) is 41.5 Å². The van der Waals surface area contributed by atoms with Crippen LogP contribution >= 0.6 is 0 Å². The Morgan fingerprint density at radius 2 is 2.36 bits per heavy atom. The van der Waals surface area contributed by atoms with Gasteiger partial charge >= 0.3 is 0 Å². The van der Waals surface area contributed by atoms with Gasteiger partial charge in [-0.05, 0) is 43.4 Å². The summed E-state index contributed by atoms with van der Waals surface area (Å²) in [6, 6.07) is 4.87. The summed E-state index contributed by atoms with van der Waals surface area (Å²) in [5.74, 6) is 6.40. The van der Waals surface area contributed by atoms with Crippen LogP contribution in [0.3, 0.4) is 0 Å². The van der Waals surface area contributed by atoms with Crippen molar-refractivity contribution in [2.45, 2.75) is 51.1 Å². The van der Waals surface area contributed by atoms with Crippen molar-refractivity contribution >= 4 is 0 Å². The first-order valence-corrected chi connectivity index (χ1v) is 8.37. The molecular weight excluding hydrogens is 272 g/mol. The van der Waals surface area contributed by atoms with Crippen molar-refractivity contribution in [1.29, 1.82) is 0 Å². The molecule has 4 nitrogen and oxygen atoms in total. The Bertz CT molecular complexity index is 564. The van der Waals surface area contributed by atoms with Crippen molar-refractivity contribution in [3.05, 3.63) is 53.5 Å². The number of aryl methyl sites for hydroxylation is 1. The molecule has 0 aromatic carbocycles. The van der Waals surface area contributed by atoms with Gasteiger partial charge in [0.05, 0.1) is 18.3 Å². The van der Waals surface area contributed by atoms with Crippen LogP contribution < -0.4 is 11.2 Å². The lowest BCUT2D eigenvalue weighted by molar-refractivity contribution is 0.189. The van der Waals surface area contributed by atoms with E-state index in [1.165, 1.54) is 24.1 Å². The van der Waals surface area contributed by atoms with E-state index < -0.39 is 0 Å². The molecule has 0 spiro atoms. The highest BCUT2D eigenvalue weighted by molar-refractivity contribution is 5.26. The van der Waals surface area contributed by atoms with Gasteiger partial charge in [0.25, 0.3) is 0 Å². The maximum atomic E-state index is 6.40. The molecular formula is C18H26N4. The fraction of sp³-hybridized carbons (Fsp3) is 0.500. The molecule has 3 rings (SSSR count). The topological polar surface area (TPSA) is 54.2 Å². The Labute approximate surface area is 133 Å². The molecule has 0 amide bonds. The number of nitrogens with one attached hydrogen (secondary N) is 1. The zero-order valence-corrected chi connectivity index (χ0v) is 13.3. The molecule has 3 N–H and O–H groups in total. The molecule has 1 aliphatic carbocycles. The molecule has 0 radical (unpaired) electrons. The maximum Gasteiger partial charge on any atom is 0.0670 e. The molecule has 2 atom stereocenters. The van der Waals surface area contributed by atoms with Crippen LogP contribution in [0.4, 0.5) is 0 Å². The van der Waals surface area contributed by atoms with E-state index in [4.69, 9.17) is 5.84 Å². The third-order valence-electron chi connectivity index (χ3n) is 4.53. The van der Waals surface area contributed by atoms with Crippen molar-refractivity contribution in [2.75, 3.05) is 6.54 Å². The highest BCUT2D eigenvalue weighted by atomic mass is 15.4. The van der Waals surface area contributed by atoms with E-state index in [-0.39, 0.29) is 6.04 Å². The summed E-state index contributed by atoms with van der Waals surface area (Å²) in [6.45, 7) is 2.96. The van der Waals surface area contributed by atoms with Crippen LogP contribution in [-0.2, 0) is 6.42 Å². The minimum absolute atomic E-state index is 0.225. The molecule has 0 saturated heterocycles. The van der Waals surface area contributed by atoms with Crippen LogP contribution in [0.25, 0.3) is 0 Å². The number of allylic oxidation sites excluding steroid dienone is 2. The Hall–Kier alpha value is -1.65. The second kappa shape index (κ2) is 7.07. The van der Waals surface area contributed by atoms with Crippen molar-refractivity contribution in [1.82, 2.24) is 15.3 Å². The molecule has 2 heterocycles. The Balaban J connectivity index is 1.67. The summed E-state index contributed by atoms with van der Waals surface area (Å²) in [6.07, 6.45) is 14.1. The molecule has 4 heteroatoms. The van der Waals surface area contributed by atoms with Gasteiger partial charge in [0.2, 0.25) is 0 Å². The summed E-state index contributed by atoms with van der Waals surface area (Å²) >= 11 is 0. The van der Waals surface area contributed by atoms with E-state index in [0.717, 1.165) is 31.5 Å². The largest absolute Gasteiger partial charge is 0.381 e.